The van der Waals surface area contributed by atoms with E-state index in [1.807, 2.05) is 0 Å². The number of carboxylic acid groups (broad SMARTS) is 1. The van der Waals surface area contributed by atoms with Crippen LogP contribution in [0.2, 0.25) is 0 Å². The predicted octanol–water partition coefficient (Wildman–Crippen LogP) is 2.30. The summed E-state index contributed by atoms with van der Waals surface area (Å²) < 4.78 is 11.2. The number of aliphatic carboxylic acids is 1. The summed E-state index contributed by atoms with van der Waals surface area (Å²) in [5.74, 6) is -0.739. The van der Waals surface area contributed by atoms with Crippen molar-refractivity contribution >= 4 is 50.9 Å². The first-order valence-electron chi connectivity index (χ1n) is 6.02. The number of hydrogen-bond donors (Lipinski definition) is 1. The van der Waals surface area contributed by atoms with Crippen LogP contribution in [0, 0.1) is 0 Å². The Hall–Kier alpha value is -2.00. The van der Waals surface area contributed by atoms with Crippen LogP contribution in [0.4, 0.5) is 4.79 Å². The highest BCUT2D eigenvalue weighted by Gasteiger charge is 2.36. The Balaban J connectivity index is 1.91. The minimum absolute atomic E-state index is 0.125. The number of imide groups is 1. The number of halogens is 1. The molecule has 2 aliphatic rings. The lowest BCUT2D eigenvalue weighted by atomic mass is 10.2. The highest BCUT2D eigenvalue weighted by Crippen LogP contribution is 2.39. The molecular weight excluding hydrogens is 378 g/mol. The minimum Gasteiger partial charge on any atom is -0.480 e. The number of carbonyl (C=O) groups is 3. The zero-order valence-electron chi connectivity index (χ0n) is 10.9. The molecule has 3 rings (SSSR count). The fourth-order valence-corrected chi connectivity index (χ4v) is 3.22. The third kappa shape index (κ3) is 2.69. The summed E-state index contributed by atoms with van der Waals surface area (Å²) in [6.45, 7) is -0.523. The van der Waals surface area contributed by atoms with Crippen LogP contribution in [-0.2, 0) is 9.59 Å². The number of benzene rings is 1. The van der Waals surface area contributed by atoms with E-state index in [4.69, 9.17) is 14.6 Å². The molecule has 1 aromatic carbocycles. The molecule has 2 heterocycles. The molecule has 0 atom stereocenters. The molecule has 2 aliphatic heterocycles. The van der Waals surface area contributed by atoms with Crippen molar-refractivity contribution in [1.82, 2.24) is 4.90 Å². The number of ether oxygens (including phenoxy) is 2. The lowest BCUT2D eigenvalue weighted by Crippen LogP contribution is -2.33. The molecule has 0 saturated carbocycles. The maximum absolute atomic E-state index is 12.1. The van der Waals surface area contributed by atoms with Crippen LogP contribution in [-0.4, -0.2) is 40.5 Å². The topological polar surface area (TPSA) is 93.1 Å². The van der Waals surface area contributed by atoms with Crippen LogP contribution in [0.3, 0.4) is 0 Å². The monoisotopic (exact) mass is 385 g/mol. The number of fused-ring (bicyclic) bond motifs is 1. The zero-order chi connectivity index (χ0) is 15.9. The Labute approximate surface area is 137 Å². The minimum atomic E-state index is -1.24. The van der Waals surface area contributed by atoms with Gasteiger partial charge in [0.25, 0.3) is 11.1 Å². The van der Waals surface area contributed by atoms with Crippen LogP contribution in [0.15, 0.2) is 21.5 Å². The maximum Gasteiger partial charge on any atom is 0.323 e. The molecular formula is C13H8BrNO6S. The van der Waals surface area contributed by atoms with Gasteiger partial charge in [-0.2, -0.15) is 0 Å². The van der Waals surface area contributed by atoms with Gasteiger partial charge in [0.05, 0.1) is 4.91 Å². The van der Waals surface area contributed by atoms with Gasteiger partial charge < -0.3 is 14.6 Å². The summed E-state index contributed by atoms with van der Waals surface area (Å²) in [4.78, 5) is 35.3. The summed E-state index contributed by atoms with van der Waals surface area (Å²) in [7, 11) is 0. The first-order chi connectivity index (χ1) is 10.5. The van der Waals surface area contributed by atoms with Crippen LogP contribution in [0.5, 0.6) is 11.5 Å². The fraction of sp³-hybridized carbons (Fsp3) is 0.154. The Morgan fingerprint density at radius 3 is 2.73 bits per heavy atom. The first-order valence-corrected chi connectivity index (χ1v) is 7.63. The molecule has 0 bridgehead atoms. The largest absolute Gasteiger partial charge is 0.480 e. The van der Waals surface area contributed by atoms with Gasteiger partial charge in [-0.05, 0) is 35.5 Å². The first kappa shape index (κ1) is 14.9. The third-order valence-electron chi connectivity index (χ3n) is 2.95. The van der Waals surface area contributed by atoms with Crippen molar-refractivity contribution in [2.75, 3.05) is 13.3 Å². The zero-order valence-corrected chi connectivity index (χ0v) is 13.3. The van der Waals surface area contributed by atoms with Crippen molar-refractivity contribution in [3.8, 4) is 11.5 Å². The Morgan fingerprint density at radius 2 is 2.05 bits per heavy atom. The molecule has 9 heteroatoms. The standard InChI is InChI=1S/C13H8BrNO6S/c14-7-3-9-8(20-5-21-9)1-6(7)2-10-12(18)15(4-11(16)17)13(19)22-10/h1-3H,4-5H2,(H,16,17). The predicted molar refractivity (Wildman–Crippen MR) is 80.6 cm³/mol. The van der Waals surface area contributed by atoms with E-state index < -0.39 is 23.7 Å². The Bertz CT molecular complexity index is 731. The summed E-state index contributed by atoms with van der Waals surface area (Å²) in [5.41, 5.74) is 0.630. The van der Waals surface area contributed by atoms with Gasteiger partial charge in [0.15, 0.2) is 11.5 Å². The summed E-state index contributed by atoms with van der Waals surface area (Å²) in [6.07, 6.45) is 1.51. The number of amides is 2. The number of carboxylic acids is 1. The molecule has 1 N–H and O–H groups in total. The van der Waals surface area contributed by atoms with E-state index in [1.165, 1.54) is 6.08 Å². The smallest absolute Gasteiger partial charge is 0.323 e. The molecule has 1 aromatic rings. The van der Waals surface area contributed by atoms with E-state index in [0.717, 1.165) is 0 Å². The number of hydrogen-bond acceptors (Lipinski definition) is 6. The molecule has 0 aliphatic carbocycles. The summed E-state index contributed by atoms with van der Waals surface area (Å²) >= 11 is 4.06. The van der Waals surface area contributed by atoms with Crippen molar-refractivity contribution in [3.63, 3.8) is 0 Å². The Morgan fingerprint density at radius 1 is 1.36 bits per heavy atom. The van der Waals surface area contributed by atoms with Crippen molar-refractivity contribution < 1.29 is 29.0 Å². The van der Waals surface area contributed by atoms with Crippen LogP contribution < -0.4 is 9.47 Å². The lowest BCUT2D eigenvalue weighted by Gasteiger charge is -2.08. The van der Waals surface area contributed by atoms with Crippen molar-refractivity contribution in [2.24, 2.45) is 0 Å². The van der Waals surface area contributed by atoms with Gasteiger partial charge in [0.1, 0.15) is 6.54 Å². The number of rotatable bonds is 3. The van der Waals surface area contributed by atoms with Gasteiger partial charge in [0, 0.05) is 4.47 Å². The molecule has 0 unspecified atom stereocenters. The second-order valence-electron chi connectivity index (χ2n) is 4.39. The average molecular weight is 386 g/mol. The molecule has 22 heavy (non-hydrogen) atoms. The van der Waals surface area contributed by atoms with E-state index in [0.29, 0.717) is 38.2 Å². The third-order valence-corrected chi connectivity index (χ3v) is 4.54. The number of carbonyl (C=O) groups excluding carboxylic acids is 2. The molecule has 1 fully saturated rings. The van der Waals surface area contributed by atoms with Crippen LogP contribution in [0.25, 0.3) is 6.08 Å². The van der Waals surface area contributed by atoms with Gasteiger partial charge >= 0.3 is 5.97 Å². The van der Waals surface area contributed by atoms with Gasteiger partial charge in [-0.25, -0.2) is 0 Å². The summed E-state index contributed by atoms with van der Waals surface area (Å²) in [5, 5.41) is 8.12. The molecule has 114 valence electrons. The van der Waals surface area contributed by atoms with E-state index in [2.05, 4.69) is 15.9 Å². The average Bonchev–Trinajstić information content (AvgIpc) is 2.99. The highest BCUT2D eigenvalue weighted by atomic mass is 79.9. The van der Waals surface area contributed by atoms with Crippen molar-refractivity contribution in [2.45, 2.75) is 0 Å². The lowest BCUT2D eigenvalue weighted by molar-refractivity contribution is -0.140. The van der Waals surface area contributed by atoms with Gasteiger partial charge in [-0.15, -0.1) is 0 Å². The normalized spacial score (nSPS) is 18.4. The van der Waals surface area contributed by atoms with Gasteiger partial charge in [0.2, 0.25) is 6.79 Å². The fourth-order valence-electron chi connectivity index (χ4n) is 1.96. The second-order valence-corrected chi connectivity index (χ2v) is 6.24. The Kier molecular flexibility index (Phi) is 3.83. The molecule has 7 nitrogen and oxygen atoms in total. The van der Waals surface area contributed by atoms with E-state index >= 15 is 0 Å². The highest BCUT2D eigenvalue weighted by molar-refractivity contribution is 9.10. The maximum atomic E-state index is 12.1. The van der Waals surface area contributed by atoms with Crippen LogP contribution in [0.1, 0.15) is 5.56 Å². The molecule has 0 aromatic heterocycles. The molecule has 1 saturated heterocycles. The van der Waals surface area contributed by atoms with E-state index in [-0.39, 0.29) is 11.7 Å². The number of thioether (sulfide) groups is 1. The van der Waals surface area contributed by atoms with Crippen LogP contribution >= 0.6 is 27.7 Å². The van der Waals surface area contributed by atoms with Crippen molar-refractivity contribution in [1.29, 1.82) is 0 Å². The molecule has 0 spiro atoms. The van der Waals surface area contributed by atoms with Crippen molar-refractivity contribution in [3.05, 3.63) is 27.1 Å². The van der Waals surface area contributed by atoms with Gasteiger partial charge in [-0.1, -0.05) is 15.9 Å². The quantitative estimate of drug-likeness (QED) is 0.797. The molecule has 0 radical (unpaired) electrons. The summed E-state index contributed by atoms with van der Waals surface area (Å²) in [6, 6.07) is 3.38. The molecule has 2 amide bonds. The van der Waals surface area contributed by atoms with E-state index in [9.17, 15) is 14.4 Å². The van der Waals surface area contributed by atoms with Gasteiger partial charge in [-0.3, -0.25) is 19.3 Å². The SMILES string of the molecule is O=C(O)CN1C(=O)SC(=Cc2cc3c(cc2Br)OCO3)C1=O. The van der Waals surface area contributed by atoms with E-state index in [1.54, 1.807) is 12.1 Å². The number of nitrogens with zero attached hydrogens (tertiary/aromatic N) is 1. The second kappa shape index (κ2) is 5.65.